The van der Waals surface area contributed by atoms with Crippen LogP contribution in [0, 0.1) is 6.92 Å². The molecule has 0 spiro atoms. The molecule has 0 radical (unpaired) electrons. The lowest BCUT2D eigenvalue weighted by atomic mass is 10.0. The summed E-state index contributed by atoms with van der Waals surface area (Å²) < 4.78 is 5.53. The molecule has 0 atom stereocenters. The van der Waals surface area contributed by atoms with Crippen molar-refractivity contribution in [3.05, 3.63) is 53.7 Å². The van der Waals surface area contributed by atoms with Crippen molar-refractivity contribution >= 4 is 11.7 Å². The second-order valence-corrected chi connectivity index (χ2v) is 5.23. The Morgan fingerprint density at radius 3 is 2.81 bits per heavy atom. The van der Waals surface area contributed by atoms with Crippen molar-refractivity contribution in [2.45, 2.75) is 26.7 Å². The Morgan fingerprint density at radius 2 is 2.10 bits per heavy atom. The number of ether oxygens (including phenoxy) is 1. The number of hydrogen-bond donors (Lipinski definition) is 1. The number of pyridine rings is 1. The van der Waals surface area contributed by atoms with E-state index in [4.69, 9.17) is 4.74 Å². The van der Waals surface area contributed by atoms with E-state index >= 15 is 0 Å². The Morgan fingerprint density at radius 1 is 1.29 bits per heavy atom. The molecule has 0 aliphatic heterocycles. The van der Waals surface area contributed by atoms with Crippen LogP contribution in [0.1, 0.15) is 30.9 Å². The van der Waals surface area contributed by atoms with Gasteiger partial charge < -0.3 is 10.1 Å². The van der Waals surface area contributed by atoms with Gasteiger partial charge in [-0.15, -0.1) is 0 Å². The monoisotopic (exact) mass is 284 g/mol. The van der Waals surface area contributed by atoms with E-state index < -0.39 is 0 Å². The number of carbonyl (C=O) groups is 1. The van der Waals surface area contributed by atoms with E-state index in [0.717, 1.165) is 5.56 Å². The first-order valence-electron chi connectivity index (χ1n) is 7.00. The van der Waals surface area contributed by atoms with E-state index in [9.17, 15) is 4.79 Å². The molecule has 0 saturated heterocycles. The third-order valence-corrected chi connectivity index (χ3v) is 3.16. The van der Waals surface area contributed by atoms with E-state index in [1.165, 1.54) is 5.56 Å². The molecule has 0 aliphatic rings. The number of amides is 1. The van der Waals surface area contributed by atoms with Gasteiger partial charge in [0, 0.05) is 6.20 Å². The highest BCUT2D eigenvalue weighted by Crippen LogP contribution is 2.20. The third-order valence-electron chi connectivity index (χ3n) is 3.16. The molecule has 1 amide bonds. The fourth-order valence-corrected chi connectivity index (χ4v) is 1.90. The lowest BCUT2D eigenvalue weighted by Gasteiger charge is -2.10. The smallest absolute Gasteiger partial charge is 0.263 e. The Labute approximate surface area is 125 Å². The van der Waals surface area contributed by atoms with Gasteiger partial charge in [-0.3, -0.25) is 4.79 Å². The van der Waals surface area contributed by atoms with Crippen LogP contribution in [0.4, 0.5) is 5.82 Å². The number of carbonyl (C=O) groups excluding carboxylic acids is 1. The van der Waals surface area contributed by atoms with Crippen molar-refractivity contribution in [3.63, 3.8) is 0 Å². The van der Waals surface area contributed by atoms with Crippen LogP contribution in [0.3, 0.4) is 0 Å². The maximum atomic E-state index is 11.9. The standard InChI is InChI=1S/C17H20N2O2/c1-12(2)14-7-4-8-15(10-14)21-11-16(20)19-17-13(3)6-5-9-18-17/h4-10,12H,11H2,1-3H3,(H,18,19,20). The molecule has 0 unspecified atom stereocenters. The van der Waals surface area contributed by atoms with Gasteiger partial charge >= 0.3 is 0 Å². The van der Waals surface area contributed by atoms with E-state index in [1.807, 2.05) is 37.3 Å². The molecule has 1 N–H and O–H groups in total. The van der Waals surface area contributed by atoms with Gasteiger partial charge in [0.1, 0.15) is 11.6 Å². The molecular formula is C17H20N2O2. The van der Waals surface area contributed by atoms with Crippen molar-refractivity contribution in [1.82, 2.24) is 4.98 Å². The molecule has 21 heavy (non-hydrogen) atoms. The second kappa shape index (κ2) is 6.88. The quantitative estimate of drug-likeness (QED) is 0.913. The van der Waals surface area contributed by atoms with Crippen molar-refractivity contribution < 1.29 is 9.53 Å². The molecule has 1 aromatic carbocycles. The van der Waals surface area contributed by atoms with E-state index in [0.29, 0.717) is 17.5 Å². The van der Waals surface area contributed by atoms with Gasteiger partial charge in [0.2, 0.25) is 0 Å². The zero-order valence-corrected chi connectivity index (χ0v) is 12.6. The third kappa shape index (κ3) is 4.31. The summed E-state index contributed by atoms with van der Waals surface area (Å²) in [6, 6.07) is 11.5. The van der Waals surface area contributed by atoms with Crippen LogP contribution in [0.5, 0.6) is 5.75 Å². The average molecular weight is 284 g/mol. The van der Waals surface area contributed by atoms with Crippen molar-refractivity contribution in [2.75, 3.05) is 11.9 Å². The predicted molar refractivity (Wildman–Crippen MR) is 83.6 cm³/mol. The maximum absolute atomic E-state index is 11.9. The first-order valence-corrected chi connectivity index (χ1v) is 7.00. The topological polar surface area (TPSA) is 51.2 Å². The van der Waals surface area contributed by atoms with Crippen molar-refractivity contribution in [2.24, 2.45) is 0 Å². The number of benzene rings is 1. The van der Waals surface area contributed by atoms with Gasteiger partial charge in [-0.25, -0.2) is 4.98 Å². The Balaban J connectivity index is 1.92. The fraction of sp³-hybridized carbons (Fsp3) is 0.294. The largest absolute Gasteiger partial charge is 0.484 e. The normalized spacial score (nSPS) is 10.5. The molecule has 0 saturated carbocycles. The van der Waals surface area contributed by atoms with Crippen LogP contribution in [0.15, 0.2) is 42.6 Å². The number of anilines is 1. The molecule has 1 heterocycles. The number of aryl methyl sites for hydroxylation is 1. The first-order chi connectivity index (χ1) is 10.1. The van der Waals surface area contributed by atoms with Gasteiger partial charge in [0.25, 0.3) is 5.91 Å². The molecule has 0 bridgehead atoms. The minimum absolute atomic E-state index is 0.0302. The molecule has 0 fully saturated rings. The van der Waals surface area contributed by atoms with Crippen LogP contribution in [0.25, 0.3) is 0 Å². The highest BCUT2D eigenvalue weighted by atomic mass is 16.5. The number of hydrogen-bond acceptors (Lipinski definition) is 3. The molecule has 0 aliphatic carbocycles. The van der Waals surface area contributed by atoms with Crippen LogP contribution in [-0.4, -0.2) is 17.5 Å². The molecule has 2 aromatic rings. The Bertz CT molecular complexity index is 624. The molecule has 4 heteroatoms. The minimum atomic E-state index is -0.216. The van der Waals surface area contributed by atoms with Gasteiger partial charge in [-0.05, 0) is 42.2 Å². The first kappa shape index (κ1) is 15.0. The molecule has 4 nitrogen and oxygen atoms in total. The van der Waals surface area contributed by atoms with Gasteiger partial charge in [-0.1, -0.05) is 32.0 Å². The van der Waals surface area contributed by atoms with E-state index in [-0.39, 0.29) is 12.5 Å². The lowest BCUT2D eigenvalue weighted by Crippen LogP contribution is -2.21. The summed E-state index contributed by atoms with van der Waals surface area (Å²) in [4.78, 5) is 16.0. The van der Waals surface area contributed by atoms with Crippen LogP contribution < -0.4 is 10.1 Å². The zero-order valence-electron chi connectivity index (χ0n) is 12.6. The Hall–Kier alpha value is -2.36. The second-order valence-electron chi connectivity index (χ2n) is 5.23. The fourth-order valence-electron chi connectivity index (χ4n) is 1.90. The summed E-state index contributed by atoms with van der Waals surface area (Å²) in [5, 5.41) is 2.74. The Kier molecular flexibility index (Phi) is 4.93. The zero-order chi connectivity index (χ0) is 15.2. The molecular weight excluding hydrogens is 264 g/mol. The highest BCUT2D eigenvalue weighted by Gasteiger charge is 2.07. The average Bonchev–Trinajstić information content (AvgIpc) is 2.48. The SMILES string of the molecule is Cc1cccnc1NC(=O)COc1cccc(C(C)C)c1. The summed E-state index contributed by atoms with van der Waals surface area (Å²) in [6.45, 7) is 6.11. The van der Waals surface area contributed by atoms with E-state index in [2.05, 4.69) is 30.2 Å². The summed E-state index contributed by atoms with van der Waals surface area (Å²) in [6.07, 6.45) is 1.65. The minimum Gasteiger partial charge on any atom is -0.484 e. The number of nitrogens with zero attached hydrogens (tertiary/aromatic N) is 1. The van der Waals surface area contributed by atoms with Gasteiger partial charge in [-0.2, -0.15) is 0 Å². The van der Waals surface area contributed by atoms with Crippen LogP contribution in [-0.2, 0) is 4.79 Å². The summed E-state index contributed by atoms with van der Waals surface area (Å²) in [5.41, 5.74) is 2.11. The van der Waals surface area contributed by atoms with Gasteiger partial charge in [0.05, 0.1) is 0 Å². The van der Waals surface area contributed by atoms with Crippen LogP contribution in [0.2, 0.25) is 0 Å². The molecule has 1 aromatic heterocycles. The number of aromatic nitrogens is 1. The van der Waals surface area contributed by atoms with Crippen molar-refractivity contribution in [1.29, 1.82) is 0 Å². The summed E-state index contributed by atoms with van der Waals surface area (Å²) in [5.74, 6) is 1.49. The van der Waals surface area contributed by atoms with Crippen molar-refractivity contribution in [3.8, 4) is 5.75 Å². The lowest BCUT2D eigenvalue weighted by molar-refractivity contribution is -0.118. The highest BCUT2D eigenvalue weighted by molar-refractivity contribution is 5.91. The predicted octanol–water partition coefficient (Wildman–Crippen LogP) is 3.53. The van der Waals surface area contributed by atoms with E-state index in [1.54, 1.807) is 6.20 Å². The number of nitrogens with one attached hydrogen (secondary N) is 1. The summed E-state index contributed by atoms with van der Waals surface area (Å²) in [7, 11) is 0. The number of rotatable bonds is 5. The van der Waals surface area contributed by atoms with Gasteiger partial charge in [0.15, 0.2) is 6.61 Å². The molecule has 2 rings (SSSR count). The maximum Gasteiger partial charge on any atom is 0.263 e. The van der Waals surface area contributed by atoms with Crippen LogP contribution >= 0.6 is 0 Å². The molecule has 110 valence electrons. The summed E-state index contributed by atoms with van der Waals surface area (Å²) >= 11 is 0.